The Bertz CT molecular complexity index is 692. The number of hydrogen-bond acceptors (Lipinski definition) is 2. The lowest BCUT2D eigenvalue weighted by Gasteiger charge is -2.23. The van der Waals surface area contributed by atoms with E-state index < -0.39 is 0 Å². The second-order valence-corrected chi connectivity index (χ2v) is 9.12. The Morgan fingerprint density at radius 2 is 1.15 bits per heavy atom. The first kappa shape index (κ1) is 27.1. The van der Waals surface area contributed by atoms with Crippen molar-refractivity contribution in [3.63, 3.8) is 0 Å². The Hall–Kier alpha value is -2.13. The van der Waals surface area contributed by atoms with Crippen molar-refractivity contribution in [3.05, 3.63) is 60.7 Å². The minimum absolute atomic E-state index is 0.153. The summed E-state index contributed by atoms with van der Waals surface area (Å²) in [6.07, 6.45) is 17.2. The first-order valence-corrected chi connectivity index (χ1v) is 13.2. The van der Waals surface area contributed by atoms with E-state index in [4.69, 9.17) is 4.74 Å². The molecule has 33 heavy (non-hydrogen) atoms. The van der Waals surface area contributed by atoms with E-state index in [0.29, 0.717) is 12.5 Å². The molecular weight excluding hydrogens is 406 g/mol. The van der Waals surface area contributed by atoms with Crippen LogP contribution < -0.4 is 4.90 Å². The Morgan fingerprint density at radius 1 is 0.697 bits per heavy atom. The minimum atomic E-state index is 0.153. The van der Waals surface area contributed by atoms with E-state index in [2.05, 4.69) is 6.92 Å². The zero-order valence-electron chi connectivity index (χ0n) is 21.0. The molecule has 0 fully saturated rings. The third-order valence-corrected chi connectivity index (χ3v) is 6.41. The van der Waals surface area contributed by atoms with Gasteiger partial charge in [0.2, 0.25) is 5.91 Å². The van der Waals surface area contributed by atoms with Crippen molar-refractivity contribution < 1.29 is 9.53 Å². The number of methoxy groups -OCH3 is 1. The van der Waals surface area contributed by atoms with Gasteiger partial charge in [-0.15, -0.1) is 0 Å². The van der Waals surface area contributed by atoms with Crippen molar-refractivity contribution in [2.24, 2.45) is 0 Å². The van der Waals surface area contributed by atoms with Crippen LogP contribution in [-0.4, -0.2) is 19.1 Å². The van der Waals surface area contributed by atoms with Gasteiger partial charge in [0, 0.05) is 24.9 Å². The molecule has 0 bridgehead atoms. The van der Waals surface area contributed by atoms with E-state index >= 15 is 0 Å². The third kappa shape index (κ3) is 11.0. The quantitative estimate of drug-likeness (QED) is 0.212. The first-order chi connectivity index (χ1) is 16.3. The van der Waals surface area contributed by atoms with Gasteiger partial charge < -0.3 is 4.74 Å². The number of anilines is 2. The average molecular weight is 452 g/mol. The maximum atomic E-state index is 13.1. The lowest BCUT2D eigenvalue weighted by molar-refractivity contribution is -0.118. The number of nitrogens with zero attached hydrogens (tertiary/aromatic N) is 1. The number of rotatable bonds is 18. The molecular formula is C30H45NO2. The van der Waals surface area contributed by atoms with Gasteiger partial charge in [0.15, 0.2) is 0 Å². The molecule has 0 aliphatic heterocycles. The molecule has 2 aromatic carbocycles. The van der Waals surface area contributed by atoms with Gasteiger partial charge in [-0.2, -0.15) is 0 Å². The Balaban J connectivity index is 1.66. The molecule has 0 radical (unpaired) electrons. The fourth-order valence-electron chi connectivity index (χ4n) is 4.41. The summed E-state index contributed by atoms with van der Waals surface area (Å²) in [4.78, 5) is 15.0. The van der Waals surface area contributed by atoms with Crippen LogP contribution in [0, 0.1) is 0 Å². The number of hydrogen-bond donors (Lipinski definition) is 0. The largest absolute Gasteiger partial charge is 0.381 e. The highest BCUT2D eigenvalue weighted by atomic mass is 16.5. The van der Waals surface area contributed by atoms with E-state index in [1.165, 1.54) is 57.8 Å². The molecule has 1 unspecified atom stereocenters. The topological polar surface area (TPSA) is 29.5 Å². The molecule has 0 N–H and O–H groups in total. The van der Waals surface area contributed by atoms with Gasteiger partial charge in [-0.1, -0.05) is 108 Å². The summed E-state index contributed by atoms with van der Waals surface area (Å²) >= 11 is 0. The third-order valence-electron chi connectivity index (χ3n) is 6.41. The number of benzene rings is 2. The summed E-state index contributed by atoms with van der Waals surface area (Å²) in [5.41, 5.74) is 1.85. The van der Waals surface area contributed by atoms with E-state index in [0.717, 1.165) is 37.1 Å². The van der Waals surface area contributed by atoms with Crippen LogP contribution in [0.1, 0.15) is 96.8 Å². The molecule has 3 heteroatoms. The molecule has 0 aromatic heterocycles. The van der Waals surface area contributed by atoms with Gasteiger partial charge in [0.1, 0.15) is 0 Å². The highest BCUT2D eigenvalue weighted by Crippen LogP contribution is 2.26. The molecule has 3 nitrogen and oxygen atoms in total. The molecule has 0 aliphatic rings. The molecule has 0 spiro atoms. The highest BCUT2D eigenvalue weighted by Gasteiger charge is 2.17. The van der Waals surface area contributed by atoms with E-state index in [9.17, 15) is 4.79 Å². The summed E-state index contributed by atoms with van der Waals surface area (Å²) in [5.74, 6) is 0.153. The van der Waals surface area contributed by atoms with Crippen molar-refractivity contribution in [1.82, 2.24) is 0 Å². The molecule has 0 saturated heterocycles. The monoisotopic (exact) mass is 451 g/mol. The molecule has 1 amide bonds. The van der Waals surface area contributed by atoms with Crippen LogP contribution in [0.3, 0.4) is 0 Å². The number of amides is 1. The lowest BCUT2D eigenvalue weighted by Crippen LogP contribution is -2.25. The van der Waals surface area contributed by atoms with Gasteiger partial charge >= 0.3 is 0 Å². The predicted octanol–water partition coefficient (Wildman–Crippen LogP) is 8.85. The molecule has 0 heterocycles. The van der Waals surface area contributed by atoms with E-state index in [1.807, 2.05) is 72.7 Å². The second kappa shape index (κ2) is 17.4. The van der Waals surface area contributed by atoms with Crippen molar-refractivity contribution in [2.75, 3.05) is 12.0 Å². The van der Waals surface area contributed by atoms with Crippen LogP contribution in [0.2, 0.25) is 0 Å². The number of unbranched alkanes of at least 4 members (excludes halogenated alkanes) is 9. The highest BCUT2D eigenvalue weighted by molar-refractivity contribution is 6.00. The van der Waals surface area contributed by atoms with Gasteiger partial charge in [0.25, 0.3) is 0 Å². The maximum Gasteiger partial charge on any atom is 0.231 e. The van der Waals surface area contributed by atoms with Crippen LogP contribution in [0.15, 0.2) is 60.7 Å². The Kier molecular flexibility index (Phi) is 14.3. The smallest absolute Gasteiger partial charge is 0.231 e. The molecule has 2 rings (SSSR count). The predicted molar refractivity (Wildman–Crippen MR) is 141 cm³/mol. The van der Waals surface area contributed by atoms with Crippen LogP contribution in [0.25, 0.3) is 0 Å². The first-order valence-electron chi connectivity index (χ1n) is 13.2. The van der Waals surface area contributed by atoms with Crippen molar-refractivity contribution in [1.29, 1.82) is 0 Å². The molecule has 0 aliphatic carbocycles. The van der Waals surface area contributed by atoms with Crippen LogP contribution in [0.4, 0.5) is 11.4 Å². The summed E-state index contributed by atoms with van der Waals surface area (Å²) < 4.78 is 5.72. The number of carbonyl (C=O) groups excluding carboxylic acids is 1. The van der Waals surface area contributed by atoms with Gasteiger partial charge in [-0.3, -0.25) is 9.69 Å². The SMILES string of the molecule is CCCCCCCCCCCC(CCCCC(=O)N(c1ccccc1)c1ccccc1)OC. The lowest BCUT2D eigenvalue weighted by atomic mass is 10.0. The standard InChI is InChI=1S/C30H45NO2/c1-3-4-5-6-7-8-9-10-17-24-29(33-2)25-18-19-26-30(32)31(27-20-13-11-14-21-27)28-22-15-12-16-23-28/h11-16,20-23,29H,3-10,17-19,24-26H2,1-2H3. The van der Waals surface area contributed by atoms with E-state index in [-0.39, 0.29) is 5.91 Å². The van der Waals surface area contributed by atoms with Gasteiger partial charge in [-0.05, 0) is 43.5 Å². The Labute approximate surface area is 202 Å². The Morgan fingerprint density at radius 3 is 1.64 bits per heavy atom. The fraction of sp³-hybridized carbons (Fsp3) is 0.567. The van der Waals surface area contributed by atoms with Crippen molar-refractivity contribution in [3.8, 4) is 0 Å². The maximum absolute atomic E-state index is 13.1. The number of ether oxygens (including phenoxy) is 1. The molecule has 0 saturated carbocycles. The van der Waals surface area contributed by atoms with Crippen molar-refractivity contribution >= 4 is 17.3 Å². The average Bonchev–Trinajstić information content (AvgIpc) is 2.85. The van der Waals surface area contributed by atoms with Crippen LogP contribution in [0.5, 0.6) is 0 Å². The zero-order chi connectivity index (χ0) is 23.6. The summed E-state index contributed by atoms with van der Waals surface area (Å²) in [6, 6.07) is 19.9. The molecule has 182 valence electrons. The normalized spacial score (nSPS) is 11.9. The van der Waals surface area contributed by atoms with Crippen LogP contribution in [-0.2, 0) is 9.53 Å². The van der Waals surface area contributed by atoms with Crippen molar-refractivity contribution in [2.45, 2.75) is 103 Å². The fourth-order valence-corrected chi connectivity index (χ4v) is 4.41. The summed E-state index contributed by atoms with van der Waals surface area (Å²) in [6.45, 7) is 2.27. The second-order valence-electron chi connectivity index (χ2n) is 9.12. The van der Waals surface area contributed by atoms with Gasteiger partial charge in [0.05, 0.1) is 6.10 Å². The summed E-state index contributed by atoms with van der Waals surface area (Å²) in [5, 5.41) is 0. The summed E-state index contributed by atoms with van der Waals surface area (Å²) in [7, 11) is 1.83. The van der Waals surface area contributed by atoms with Crippen LogP contribution >= 0.6 is 0 Å². The zero-order valence-corrected chi connectivity index (χ0v) is 21.0. The number of carbonyl (C=O) groups is 1. The molecule has 2 aromatic rings. The van der Waals surface area contributed by atoms with E-state index in [1.54, 1.807) is 0 Å². The molecule has 1 atom stereocenters. The number of para-hydroxylation sites is 2. The van der Waals surface area contributed by atoms with Gasteiger partial charge in [-0.25, -0.2) is 0 Å². The minimum Gasteiger partial charge on any atom is -0.381 e.